The van der Waals surface area contributed by atoms with Crippen LogP contribution >= 0.6 is 0 Å². The van der Waals surface area contributed by atoms with Crippen molar-refractivity contribution in [1.29, 1.82) is 0 Å². The van der Waals surface area contributed by atoms with Gasteiger partial charge < -0.3 is 14.6 Å². The highest BCUT2D eigenvalue weighted by Gasteiger charge is 2.70. The van der Waals surface area contributed by atoms with Crippen molar-refractivity contribution in [3.8, 4) is 0 Å². The highest BCUT2D eigenvalue weighted by atomic mass is 16.6. The smallest absolute Gasteiger partial charge is 0.303 e. The van der Waals surface area contributed by atoms with Crippen LogP contribution in [0.25, 0.3) is 0 Å². The summed E-state index contributed by atoms with van der Waals surface area (Å²) in [5.74, 6) is -0.281. The van der Waals surface area contributed by atoms with E-state index < -0.39 is 23.3 Å². The number of ether oxygens (including phenoxy) is 2. The molecule has 0 heterocycles. The minimum Gasteiger partial charge on any atom is -0.455 e. The van der Waals surface area contributed by atoms with Crippen LogP contribution < -0.4 is 0 Å². The summed E-state index contributed by atoms with van der Waals surface area (Å²) in [6.07, 6.45) is 2.67. The van der Waals surface area contributed by atoms with Gasteiger partial charge in [0.05, 0.1) is 6.10 Å². The summed E-state index contributed by atoms with van der Waals surface area (Å²) in [5.41, 5.74) is -1.68. The van der Waals surface area contributed by atoms with Gasteiger partial charge in [-0.1, -0.05) is 0 Å². The van der Waals surface area contributed by atoms with Crippen LogP contribution in [0.2, 0.25) is 0 Å². The molecule has 0 radical (unpaired) electrons. The number of aliphatic hydroxyl groups excluding tert-OH is 1. The van der Waals surface area contributed by atoms with Crippen molar-refractivity contribution in [2.24, 2.45) is 17.8 Å². The van der Waals surface area contributed by atoms with Gasteiger partial charge in [0.2, 0.25) is 0 Å². The molecule has 4 aliphatic carbocycles. The summed E-state index contributed by atoms with van der Waals surface area (Å²) in [6.45, 7) is 4.58. The van der Waals surface area contributed by atoms with Crippen LogP contribution in [0.4, 0.5) is 0 Å². The lowest BCUT2D eigenvalue weighted by molar-refractivity contribution is -0.299. The van der Waals surface area contributed by atoms with E-state index in [0.29, 0.717) is 12.3 Å². The van der Waals surface area contributed by atoms with Gasteiger partial charge in [-0.15, -0.1) is 0 Å². The Hall–Kier alpha value is -1.10. The first-order valence-electron chi connectivity index (χ1n) is 7.34. The molecule has 0 spiro atoms. The molecule has 4 rings (SSSR count). The lowest BCUT2D eigenvalue weighted by atomic mass is 9.47. The first-order chi connectivity index (χ1) is 9.27. The molecule has 4 aliphatic rings. The van der Waals surface area contributed by atoms with Gasteiger partial charge in [0, 0.05) is 19.8 Å². The average molecular weight is 282 g/mol. The van der Waals surface area contributed by atoms with Gasteiger partial charge in [-0.25, -0.2) is 0 Å². The summed E-state index contributed by atoms with van der Waals surface area (Å²) < 4.78 is 11.3. The molecule has 5 heteroatoms. The van der Waals surface area contributed by atoms with Crippen molar-refractivity contribution < 1.29 is 24.2 Å². The summed E-state index contributed by atoms with van der Waals surface area (Å²) in [7, 11) is 0. The molecule has 20 heavy (non-hydrogen) atoms. The molecule has 4 fully saturated rings. The van der Waals surface area contributed by atoms with E-state index in [0.717, 1.165) is 19.3 Å². The van der Waals surface area contributed by atoms with Gasteiger partial charge in [0.25, 0.3) is 0 Å². The van der Waals surface area contributed by atoms with E-state index in [2.05, 4.69) is 0 Å². The lowest BCUT2D eigenvalue weighted by Gasteiger charge is -2.65. The predicted molar refractivity (Wildman–Crippen MR) is 69.6 cm³/mol. The fourth-order valence-corrected chi connectivity index (χ4v) is 5.06. The van der Waals surface area contributed by atoms with Crippen molar-refractivity contribution in [3.05, 3.63) is 0 Å². The van der Waals surface area contributed by atoms with E-state index in [9.17, 15) is 14.7 Å². The fraction of sp³-hybridized carbons (Fsp3) is 0.867. The quantitative estimate of drug-likeness (QED) is 0.775. The molecule has 6 atom stereocenters. The Kier molecular flexibility index (Phi) is 2.91. The molecular formula is C15H22O5. The Morgan fingerprint density at radius 2 is 1.75 bits per heavy atom. The zero-order valence-electron chi connectivity index (χ0n) is 12.2. The summed E-state index contributed by atoms with van der Waals surface area (Å²) in [5, 5.41) is 10.5. The van der Waals surface area contributed by atoms with E-state index in [-0.39, 0.29) is 17.8 Å². The number of esters is 2. The predicted octanol–water partition coefficient (Wildman–Crippen LogP) is 1.42. The van der Waals surface area contributed by atoms with Crippen LogP contribution in [0.3, 0.4) is 0 Å². The van der Waals surface area contributed by atoms with Crippen LogP contribution in [0.1, 0.15) is 46.5 Å². The van der Waals surface area contributed by atoms with Gasteiger partial charge in [-0.3, -0.25) is 9.59 Å². The SMILES string of the molecule is CC(=O)OC12CC3CC(C1)C(O)C(C3)C2(C)OC(C)=O. The topological polar surface area (TPSA) is 72.8 Å². The Morgan fingerprint density at radius 1 is 1.10 bits per heavy atom. The Labute approximate surface area is 118 Å². The second-order valence-corrected chi connectivity index (χ2v) is 6.89. The van der Waals surface area contributed by atoms with E-state index in [1.54, 1.807) is 0 Å². The lowest BCUT2D eigenvalue weighted by Crippen LogP contribution is -2.74. The number of aliphatic hydroxyl groups is 1. The van der Waals surface area contributed by atoms with Crippen molar-refractivity contribution in [3.63, 3.8) is 0 Å². The Bertz CT molecular complexity index is 445. The fourth-order valence-electron chi connectivity index (χ4n) is 5.06. The van der Waals surface area contributed by atoms with Crippen molar-refractivity contribution in [2.75, 3.05) is 0 Å². The summed E-state index contributed by atoms with van der Waals surface area (Å²) in [6, 6.07) is 0. The second kappa shape index (κ2) is 4.20. The standard InChI is InChI=1S/C15H22O5/c1-8(16)19-14(3)12-5-10-4-11(13(12)18)7-15(14,6-10)20-9(2)17/h10-13,18H,4-7H2,1-3H3. The zero-order chi connectivity index (χ0) is 14.7. The largest absolute Gasteiger partial charge is 0.455 e. The molecule has 112 valence electrons. The number of carbonyl (C=O) groups is 2. The first-order valence-corrected chi connectivity index (χ1v) is 7.34. The van der Waals surface area contributed by atoms with Crippen LogP contribution in [0.5, 0.6) is 0 Å². The molecule has 0 aromatic rings. The molecule has 0 saturated heterocycles. The maximum atomic E-state index is 11.6. The third-order valence-corrected chi connectivity index (χ3v) is 5.64. The number of carbonyl (C=O) groups excluding carboxylic acids is 2. The van der Waals surface area contributed by atoms with Crippen LogP contribution in [0.15, 0.2) is 0 Å². The van der Waals surface area contributed by atoms with Gasteiger partial charge in [0.1, 0.15) is 0 Å². The molecule has 6 unspecified atom stereocenters. The molecule has 0 aromatic carbocycles. The van der Waals surface area contributed by atoms with Gasteiger partial charge in [0.15, 0.2) is 11.2 Å². The van der Waals surface area contributed by atoms with Crippen LogP contribution in [-0.4, -0.2) is 34.4 Å². The molecule has 4 saturated carbocycles. The number of rotatable bonds is 2. The molecule has 0 aromatic heterocycles. The third kappa shape index (κ3) is 1.72. The zero-order valence-corrected chi connectivity index (χ0v) is 12.2. The number of hydrogen-bond acceptors (Lipinski definition) is 5. The summed E-state index contributed by atoms with van der Waals surface area (Å²) >= 11 is 0. The van der Waals surface area contributed by atoms with Crippen molar-refractivity contribution in [1.82, 2.24) is 0 Å². The summed E-state index contributed by atoms with van der Waals surface area (Å²) in [4.78, 5) is 23.1. The van der Waals surface area contributed by atoms with Crippen LogP contribution in [-0.2, 0) is 19.1 Å². The Morgan fingerprint density at radius 3 is 2.35 bits per heavy atom. The maximum Gasteiger partial charge on any atom is 0.303 e. The van der Waals surface area contributed by atoms with E-state index in [4.69, 9.17) is 9.47 Å². The molecule has 5 nitrogen and oxygen atoms in total. The van der Waals surface area contributed by atoms with E-state index >= 15 is 0 Å². The Balaban J connectivity index is 2.04. The molecular weight excluding hydrogens is 260 g/mol. The second-order valence-electron chi connectivity index (χ2n) is 6.89. The normalized spacial score (nSPS) is 49.0. The average Bonchev–Trinajstić information content (AvgIpc) is 2.29. The van der Waals surface area contributed by atoms with E-state index in [1.807, 2.05) is 6.92 Å². The minimum absolute atomic E-state index is 0.142. The van der Waals surface area contributed by atoms with Crippen LogP contribution in [0, 0.1) is 17.8 Å². The van der Waals surface area contributed by atoms with E-state index in [1.165, 1.54) is 13.8 Å². The first kappa shape index (κ1) is 13.9. The monoisotopic (exact) mass is 282 g/mol. The highest BCUT2D eigenvalue weighted by Crippen LogP contribution is 2.62. The maximum absolute atomic E-state index is 11.6. The third-order valence-electron chi connectivity index (χ3n) is 5.64. The highest BCUT2D eigenvalue weighted by molar-refractivity contribution is 5.68. The minimum atomic E-state index is -0.919. The van der Waals surface area contributed by atoms with Gasteiger partial charge in [-0.05, 0) is 44.4 Å². The molecule has 0 amide bonds. The molecule has 1 N–H and O–H groups in total. The molecule has 0 aliphatic heterocycles. The van der Waals surface area contributed by atoms with Gasteiger partial charge >= 0.3 is 11.9 Å². The van der Waals surface area contributed by atoms with Crippen molar-refractivity contribution in [2.45, 2.75) is 63.8 Å². The molecule has 4 bridgehead atoms. The number of hydrogen-bond donors (Lipinski definition) is 1. The van der Waals surface area contributed by atoms with Gasteiger partial charge in [-0.2, -0.15) is 0 Å². The van der Waals surface area contributed by atoms with Crippen molar-refractivity contribution >= 4 is 11.9 Å².